The maximum Gasteiger partial charge on any atom is 0.246 e. The van der Waals surface area contributed by atoms with E-state index in [9.17, 15) is 19.2 Å². The topological polar surface area (TPSA) is 123 Å². The van der Waals surface area contributed by atoms with Gasteiger partial charge in [-0.25, -0.2) is 0 Å². The van der Waals surface area contributed by atoms with Gasteiger partial charge >= 0.3 is 0 Å². The van der Waals surface area contributed by atoms with Gasteiger partial charge in [-0.15, -0.1) is 0 Å². The fraction of sp³-hybridized carbons (Fsp3) is 0.294. The highest BCUT2D eigenvalue weighted by molar-refractivity contribution is 5.98. The molecule has 0 unspecified atom stereocenters. The molecule has 3 aromatic carbocycles. The first-order valence-corrected chi connectivity index (χ1v) is 14.8. The van der Waals surface area contributed by atoms with Gasteiger partial charge in [0.15, 0.2) is 0 Å². The van der Waals surface area contributed by atoms with E-state index in [1.54, 1.807) is 4.90 Å². The van der Waals surface area contributed by atoms with Crippen molar-refractivity contribution in [3.63, 3.8) is 0 Å². The average molecular weight is 578 g/mol. The van der Waals surface area contributed by atoms with Gasteiger partial charge in [-0.3, -0.25) is 19.2 Å². The van der Waals surface area contributed by atoms with Crippen LogP contribution in [0.25, 0.3) is 10.9 Å². The minimum Gasteiger partial charge on any atom is -0.361 e. The molecule has 0 aliphatic carbocycles. The van der Waals surface area contributed by atoms with Crippen molar-refractivity contribution >= 4 is 34.5 Å². The van der Waals surface area contributed by atoms with Crippen molar-refractivity contribution in [2.45, 2.75) is 56.3 Å². The van der Waals surface area contributed by atoms with Crippen molar-refractivity contribution < 1.29 is 19.2 Å². The SMILES string of the molecule is O=C1N[C@H](Cc2ccccc2)C(=O)N2CCC[C@H]2C(=O)N[C@H](Cc2ccccc2)C(=O)N[C@H]1Cc1c[nH]c2ccccc12. The lowest BCUT2D eigenvalue weighted by Crippen LogP contribution is -2.62. The van der Waals surface area contributed by atoms with Gasteiger partial charge in [0.05, 0.1) is 0 Å². The van der Waals surface area contributed by atoms with Gasteiger partial charge in [0.2, 0.25) is 23.6 Å². The molecule has 1 aromatic heterocycles. The summed E-state index contributed by atoms with van der Waals surface area (Å²) in [4.78, 5) is 60.3. The number of para-hydroxylation sites is 1. The lowest BCUT2D eigenvalue weighted by Gasteiger charge is -2.32. The van der Waals surface area contributed by atoms with Crippen LogP contribution >= 0.6 is 0 Å². The highest BCUT2D eigenvalue weighted by Gasteiger charge is 2.40. The number of fused-ring (bicyclic) bond motifs is 2. The molecular formula is C34H35N5O4. The number of hydrogen-bond acceptors (Lipinski definition) is 4. The molecule has 2 fully saturated rings. The summed E-state index contributed by atoms with van der Waals surface area (Å²) in [7, 11) is 0. The molecule has 9 nitrogen and oxygen atoms in total. The number of H-pyrrole nitrogens is 1. The molecular weight excluding hydrogens is 542 g/mol. The standard InChI is InChI=1S/C34H35N5O4/c40-31-27(18-22-10-3-1-4-11-22)37-33(42)30-16-9-17-39(30)34(43)29(19-23-12-5-2-6-13-23)38-32(41)28(36-31)20-24-21-35-26-15-8-7-14-25(24)26/h1-8,10-15,21,27-30,35H,9,16-20H2,(H,36,40)(H,37,42)(H,38,41)/t27-,28+,29-,30+/m1/s1. The maximum absolute atomic E-state index is 14.0. The van der Waals surface area contributed by atoms with Crippen LogP contribution in [0.1, 0.15) is 29.5 Å². The predicted molar refractivity (Wildman–Crippen MR) is 163 cm³/mol. The average Bonchev–Trinajstić information content (AvgIpc) is 3.68. The van der Waals surface area contributed by atoms with Crippen molar-refractivity contribution in [2.75, 3.05) is 6.54 Å². The highest BCUT2D eigenvalue weighted by Crippen LogP contribution is 2.22. The molecule has 4 atom stereocenters. The number of hydrogen-bond donors (Lipinski definition) is 4. The quantitative estimate of drug-likeness (QED) is 0.281. The minimum absolute atomic E-state index is 0.201. The van der Waals surface area contributed by atoms with E-state index >= 15 is 0 Å². The largest absolute Gasteiger partial charge is 0.361 e. The zero-order chi connectivity index (χ0) is 29.8. The Balaban J connectivity index is 1.36. The number of amides is 4. The van der Waals surface area contributed by atoms with Gasteiger partial charge in [-0.2, -0.15) is 0 Å². The summed E-state index contributed by atoms with van der Waals surface area (Å²) < 4.78 is 0. The smallest absolute Gasteiger partial charge is 0.246 e. The first-order valence-electron chi connectivity index (χ1n) is 14.8. The molecule has 3 heterocycles. The molecule has 4 amide bonds. The second kappa shape index (κ2) is 12.5. The summed E-state index contributed by atoms with van der Waals surface area (Å²) in [6, 6.07) is 23.1. The van der Waals surface area contributed by atoms with Crippen molar-refractivity contribution in [1.82, 2.24) is 25.8 Å². The van der Waals surface area contributed by atoms with Crippen LogP contribution in [0.4, 0.5) is 0 Å². The van der Waals surface area contributed by atoms with E-state index in [-0.39, 0.29) is 31.1 Å². The van der Waals surface area contributed by atoms with E-state index in [4.69, 9.17) is 0 Å². The lowest BCUT2D eigenvalue weighted by atomic mass is 9.99. The van der Waals surface area contributed by atoms with E-state index in [1.165, 1.54) is 0 Å². The Kier molecular flexibility index (Phi) is 8.22. The fourth-order valence-electron chi connectivity index (χ4n) is 6.15. The first-order chi connectivity index (χ1) is 21.0. The second-order valence-electron chi connectivity index (χ2n) is 11.3. The summed E-state index contributed by atoms with van der Waals surface area (Å²) in [5.41, 5.74) is 3.53. The summed E-state index contributed by atoms with van der Waals surface area (Å²) in [6.07, 6.45) is 3.70. The molecule has 9 heteroatoms. The van der Waals surface area contributed by atoms with Crippen molar-refractivity contribution in [3.05, 3.63) is 108 Å². The fourth-order valence-corrected chi connectivity index (χ4v) is 6.15. The zero-order valence-corrected chi connectivity index (χ0v) is 23.8. The molecule has 0 spiro atoms. The molecule has 220 valence electrons. The van der Waals surface area contributed by atoms with Gasteiger partial charge < -0.3 is 25.8 Å². The first kappa shape index (κ1) is 28.2. The van der Waals surface area contributed by atoms with Gasteiger partial charge in [-0.05, 0) is 35.6 Å². The number of aromatic nitrogens is 1. The summed E-state index contributed by atoms with van der Waals surface area (Å²) in [5, 5.41) is 9.78. The van der Waals surface area contributed by atoms with Crippen LogP contribution in [-0.2, 0) is 38.4 Å². The van der Waals surface area contributed by atoms with Crippen LogP contribution in [-0.4, -0.2) is 64.2 Å². The van der Waals surface area contributed by atoms with Crippen LogP contribution < -0.4 is 16.0 Å². The molecule has 0 radical (unpaired) electrons. The van der Waals surface area contributed by atoms with E-state index in [1.807, 2.05) is 91.1 Å². The maximum atomic E-state index is 14.0. The van der Waals surface area contributed by atoms with E-state index < -0.39 is 36.0 Å². The Bertz CT molecular complexity index is 1620. The number of nitrogens with zero attached hydrogens (tertiary/aromatic N) is 1. The zero-order valence-electron chi connectivity index (χ0n) is 23.8. The summed E-state index contributed by atoms with van der Waals surface area (Å²) in [5.74, 6) is -1.56. The molecule has 2 aliphatic rings. The summed E-state index contributed by atoms with van der Waals surface area (Å²) in [6.45, 7) is 0.409. The third kappa shape index (κ3) is 6.30. The monoisotopic (exact) mass is 577 g/mol. The number of carbonyl (C=O) groups is 4. The molecule has 0 saturated carbocycles. The van der Waals surface area contributed by atoms with Crippen molar-refractivity contribution in [1.29, 1.82) is 0 Å². The molecule has 4 aromatic rings. The number of nitrogens with one attached hydrogen (secondary N) is 4. The van der Waals surface area contributed by atoms with E-state index in [2.05, 4.69) is 20.9 Å². The van der Waals surface area contributed by atoms with E-state index in [0.29, 0.717) is 19.4 Å². The van der Waals surface area contributed by atoms with Gasteiger partial charge in [-0.1, -0.05) is 78.9 Å². The number of benzene rings is 3. The number of rotatable bonds is 6. The molecule has 0 bridgehead atoms. The Morgan fingerprint density at radius 3 is 1.88 bits per heavy atom. The van der Waals surface area contributed by atoms with Crippen LogP contribution in [0.2, 0.25) is 0 Å². The number of carbonyl (C=O) groups excluding carboxylic acids is 4. The Labute approximate surface area is 250 Å². The van der Waals surface area contributed by atoms with Crippen LogP contribution in [0.15, 0.2) is 91.1 Å². The predicted octanol–water partition coefficient (Wildman–Crippen LogP) is 2.65. The Morgan fingerprint density at radius 1 is 0.628 bits per heavy atom. The molecule has 43 heavy (non-hydrogen) atoms. The van der Waals surface area contributed by atoms with Crippen LogP contribution in [0, 0.1) is 0 Å². The third-order valence-corrected chi connectivity index (χ3v) is 8.38. The number of aromatic amines is 1. The molecule has 2 aliphatic heterocycles. The van der Waals surface area contributed by atoms with Crippen LogP contribution in [0.3, 0.4) is 0 Å². The van der Waals surface area contributed by atoms with E-state index in [0.717, 1.165) is 27.6 Å². The normalized spacial score (nSPS) is 23.1. The summed E-state index contributed by atoms with van der Waals surface area (Å²) >= 11 is 0. The van der Waals surface area contributed by atoms with Crippen molar-refractivity contribution in [3.8, 4) is 0 Å². The molecule has 6 rings (SSSR count). The molecule has 4 N–H and O–H groups in total. The second-order valence-corrected chi connectivity index (χ2v) is 11.3. The van der Waals surface area contributed by atoms with Crippen molar-refractivity contribution in [2.24, 2.45) is 0 Å². The van der Waals surface area contributed by atoms with Gasteiger partial charge in [0.25, 0.3) is 0 Å². The van der Waals surface area contributed by atoms with Gasteiger partial charge in [0, 0.05) is 42.9 Å². The van der Waals surface area contributed by atoms with Crippen LogP contribution in [0.5, 0.6) is 0 Å². The lowest BCUT2D eigenvalue weighted by molar-refractivity contribution is -0.143. The highest BCUT2D eigenvalue weighted by atomic mass is 16.2. The van der Waals surface area contributed by atoms with Gasteiger partial charge in [0.1, 0.15) is 24.2 Å². The minimum atomic E-state index is -0.984. The Hall–Kier alpha value is -4.92. The Morgan fingerprint density at radius 2 is 1.19 bits per heavy atom. The third-order valence-electron chi connectivity index (χ3n) is 8.38. The molecule has 2 saturated heterocycles.